The van der Waals surface area contributed by atoms with E-state index in [9.17, 15) is 18.0 Å². The number of aromatic nitrogens is 3. The second-order valence-corrected chi connectivity index (χ2v) is 7.80. The van der Waals surface area contributed by atoms with Gasteiger partial charge < -0.3 is 19.1 Å². The Morgan fingerprint density at radius 1 is 1.36 bits per heavy atom. The summed E-state index contributed by atoms with van der Waals surface area (Å²) in [6.07, 6.45) is 0.351. The smallest absolute Gasteiger partial charge is 0.307 e. The number of carbonyl (C=O) groups excluding carboxylic acids is 2. The van der Waals surface area contributed by atoms with Crippen molar-refractivity contribution in [1.82, 2.24) is 19.4 Å². The van der Waals surface area contributed by atoms with Crippen molar-refractivity contribution < 1.29 is 27.3 Å². The molecule has 0 spiro atoms. The maximum Gasteiger partial charge on any atom is 0.307 e. The minimum Gasteiger partial charge on any atom is -0.452 e. The third-order valence-corrected chi connectivity index (χ3v) is 5.13. The molecule has 12 heteroatoms. The Morgan fingerprint density at radius 3 is 2.61 bits per heavy atom. The van der Waals surface area contributed by atoms with Gasteiger partial charge in [-0.1, -0.05) is 12.1 Å². The number of nitrogens with one attached hydrogen (secondary N) is 2. The zero-order valence-electron chi connectivity index (χ0n) is 16.1. The predicted molar refractivity (Wildman–Crippen MR) is 97.8 cm³/mol. The number of hydrogen-bond acceptors (Lipinski definition) is 8. The Bertz CT molecular complexity index is 929. The van der Waals surface area contributed by atoms with E-state index in [1.54, 1.807) is 32.4 Å². The van der Waals surface area contributed by atoms with Crippen LogP contribution in [0.3, 0.4) is 0 Å². The lowest BCUT2D eigenvalue weighted by Gasteiger charge is -2.15. The molecule has 1 amide bonds. The molecule has 0 saturated heterocycles. The summed E-state index contributed by atoms with van der Waals surface area (Å²) >= 11 is 0. The lowest BCUT2D eigenvalue weighted by molar-refractivity contribution is -0.154. The van der Waals surface area contributed by atoms with Crippen LogP contribution < -0.4 is 10.0 Å². The van der Waals surface area contributed by atoms with Gasteiger partial charge in [0.1, 0.15) is 11.6 Å². The van der Waals surface area contributed by atoms with Gasteiger partial charge >= 0.3 is 5.97 Å². The van der Waals surface area contributed by atoms with Gasteiger partial charge in [0.25, 0.3) is 15.9 Å². The fourth-order valence-electron chi connectivity index (χ4n) is 2.19. The van der Waals surface area contributed by atoms with E-state index in [2.05, 4.69) is 20.2 Å². The molecule has 0 aliphatic heterocycles. The monoisotopic (exact) mass is 413 g/mol. The molecule has 1 atom stereocenters. The van der Waals surface area contributed by atoms with E-state index in [1.807, 2.05) is 0 Å². The molecule has 0 bridgehead atoms. The van der Waals surface area contributed by atoms with Crippen LogP contribution in [-0.2, 0) is 31.4 Å². The number of hydrogen-bond donors (Lipinski definition) is 2. The summed E-state index contributed by atoms with van der Waals surface area (Å²) in [7, 11) is -2.16. The normalized spacial score (nSPS) is 12.6. The van der Waals surface area contributed by atoms with Crippen molar-refractivity contribution in [1.29, 1.82) is 0 Å². The Hall–Kier alpha value is -2.73. The van der Waals surface area contributed by atoms with Crippen LogP contribution in [-0.4, -0.2) is 47.7 Å². The van der Waals surface area contributed by atoms with Crippen LogP contribution in [0.2, 0.25) is 0 Å². The molecule has 0 radical (unpaired) electrons. The van der Waals surface area contributed by atoms with Crippen molar-refractivity contribution in [3.05, 3.63) is 23.8 Å². The molecule has 28 heavy (non-hydrogen) atoms. The minimum atomic E-state index is -3.83. The summed E-state index contributed by atoms with van der Waals surface area (Å²) in [6.45, 7) is 4.84. The number of nitrogens with zero attached hydrogens (tertiary/aromatic N) is 3. The number of sulfonamides is 1. The largest absolute Gasteiger partial charge is 0.452 e. The van der Waals surface area contributed by atoms with Gasteiger partial charge in [0.05, 0.1) is 6.42 Å². The summed E-state index contributed by atoms with van der Waals surface area (Å²) in [5.74, 6) is 0.0250. The Kier molecular flexibility index (Phi) is 6.91. The van der Waals surface area contributed by atoms with Crippen LogP contribution >= 0.6 is 0 Å². The second-order valence-electron chi connectivity index (χ2n) is 6.08. The topological polar surface area (TPSA) is 145 Å². The SMILES string of the molecule is CCC(OC(=O)CCNS(=O)(=O)c1cn(C)c(C)n1)C(=O)Nc1cc(C)on1. The highest BCUT2D eigenvalue weighted by Gasteiger charge is 2.23. The number of imidazole rings is 1. The number of carbonyl (C=O) groups is 2. The third-order valence-electron chi connectivity index (χ3n) is 3.80. The molecule has 0 aliphatic carbocycles. The number of rotatable bonds is 9. The molecule has 2 rings (SSSR count). The van der Waals surface area contributed by atoms with E-state index >= 15 is 0 Å². The van der Waals surface area contributed by atoms with E-state index in [0.29, 0.717) is 11.6 Å². The summed E-state index contributed by atoms with van der Waals surface area (Å²) < 4.78 is 38.1. The summed E-state index contributed by atoms with van der Waals surface area (Å²) in [5, 5.41) is 5.99. The highest BCUT2D eigenvalue weighted by atomic mass is 32.2. The Labute approximate surface area is 162 Å². The molecular weight excluding hydrogens is 390 g/mol. The maximum atomic E-state index is 12.2. The highest BCUT2D eigenvalue weighted by Crippen LogP contribution is 2.10. The zero-order chi connectivity index (χ0) is 20.9. The Morgan fingerprint density at radius 2 is 2.07 bits per heavy atom. The molecule has 0 aromatic carbocycles. The quantitative estimate of drug-likeness (QED) is 0.570. The molecule has 2 N–H and O–H groups in total. The first-order valence-electron chi connectivity index (χ1n) is 8.55. The van der Waals surface area contributed by atoms with Crippen LogP contribution in [0, 0.1) is 13.8 Å². The van der Waals surface area contributed by atoms with Gasteiger partial charge in [0, 0.05) is 25.9 Å². The van der Waals surface area contributed by atoms with Crippen LogP contribution in [0.15, 0.2) is 21.8 Å². The summed E-state index contributed by atoms with van der Waals surface area (Å²) in [5.41, 5.74) is 0. The third kappa shape index (κ3) is 5.63. The fourth-order valence-corrected chi connectivity index (χ4v) is 3.26. The molecule has 0 saturated carbocycles. The van der Waals surface area contributed by atoms with E-state index in [1.165, 1.54) is 12.3 Å². The van der Waals surface area contributed by atoms with Gasteiger partial charge in [-0.3, -0.25) is 9.59 Å². The van der Waals surface area contributed by atoms with Gasteiger partial charge in [-0.2, -0.15) is 0 Å². The molecule has 154 valence electrons. The average molecular weight is 413 g/mol. The van der Waals surface area contributed by atoms with Gasteiger partial charge in [0.2, 0.25) is 0 Å². The van der Waals surface area contributed by atoms with Crippen molar-refractivity contribution in [2.45, 2.75) is 44.7 Å². The van der Waals surface area contributed by atoms with E-state index in [-0.39, 0.29) is 30.2 Å². The molecule has 11 nitrogen and oxygen atoms in total. The van der Waals surface area contributed by atoms with Crippen molar-refractivity contribution in [2.75, 3.05) is 11.9 Å². The van der Waals surface area contributed by atoms with Crippen molar-refractivity contribution >= 4 is 27.7 Å². The van der Waals surface area contributed by atoms with Gasteiger partial charge in [-0.15, -0.1) is 0 Å². The first-order chi connectivity index (χ1) is 13.1. The highest BCUT2D eigenvalue weighted by molar-refractivity contribution is 7.89. The van der Waals surface area contributed by atoms with Crippen LogP contribution in [0.25, 0.3) is 0 Å². The second kappa shape index (κ2) is 8.97. The molecule has 2 aromatic heterocycles. The number of ether oxygens (including phenoxy) is 1. The summed E-state index contributed by atoms with van der Waals surface area (Å²) in [4.78, 5) is 28.0. The molecular formula is C16H23N5O6S. The van der Waals surface area contributed by atoms with Gasteiger partial charge in [-0.25, -0.2) is 18.1 Å². The molecule has 0 aliphatic rings. The average Bonchev–Trinajstić information content (AvgIpc) is 3.18. The molecule has 2 aromatic rings. The van der Waals surface area contributed by atoms with Crippen molar-refractivity contribution in [2.24, 2.45) is 7.05 Å². The minimum absolute atomic E-state index is 0.130. The number of anilines is 1. The van der Waals surface area contributed by atoms with Crippen LogP contribution in [0.4, 0.5) is 5.82 Å². The lowest BCUT2D eigenvalue weighted by atomic mass is 10.2. The summed E-state index contributed by atoms with van der Waals surface area (Å²) in [6, 6.07) is 1.53. The number of esters is 1. The first kappa shape index (κ1) is 21.6. The van der Waals surface area contributed by atoms with E-state index < -0.39 is 28.0 Å². The number of amides is 1. The Balaban J connectivity index is 1.83. The molecule has 0 fully saturated rings. The standard InChI is InChI=1S/C16H23N5O6S/c1-5-12(16(23)19-13-8-10(2)27-20-13)26-15(22)6-7-17-28(24,25)14-9-21(4)11(3)18-14/h8-9,12,17H,5-7H2,1-4H3,(H,19,20,23). The van der Waals surface area contributed by atoms with Crippen molar-refractivity contribution in [3.63, 3.8) is 0 Å². The predicted octanol–water partition coefficient (Wildman–Crippen LogP) is 0.654. The van der Waals surface area contributed by atoms with Crippen molar-refractivity contribution in [3.8, 4) is 0 Å². The van der Waals surface area contributed by atoms with Gasteiger partial charge in [-0.05, 0) is 20.3 Å². The van der Waals surface area contributed by atoms with E-state index in [4.69, 9.17) is 9.26 Å². The molecule has 1 unspecified atom stereocenters. The van der Waals surface area contributed by atoms with Gasteiger partial charge in [0.15, 0.2) is 16.9 Å². The van der Waals surface area contributed by atoms with Crippen LogP contribution in [0.1, 0.15) is 31.4 Å². The molecule has 2 heterocycles. The zero-order valence-corrected chi connectivity index (χ0v) is 16.9. The van der Waals surface area contributed by atoms with Crippen LogP contribution in [0.5, 0.6) is 0 Å². The first-order valence-corrected chi connectivity index (χ1v) is 10.0. The lowest BCUT2D eigenvalue weighted by Crippen LogP contribution is -2.33. The number of aryl methyl sites for hydroxylation is 3. The van der Waals surface area contributed by atoms with E-state index in [0.717, 1.165) is 0 Å². The maximum absolute atomic E-state index is 12.2. The fraction of sp³-hybridized carbons (Fsp3) is 0.500.